The average Bonchev–Trinajstić information content (AvgIpc) is 2.64. The van der Waals surface area contributed by atoms with Gasteiger partial charge in [-0.1, -0.05) is 11.3 Å². The highest BCUT2D eigenvalue weighted by Gasteiger charge is 1.96. The first-order valence-electron chi connectivity index (χ1n) is 4.50. The summed E-state index contributed by atoms with van der Waals surface area (Å²) in [4.78, 5) is 13.6. The standard InChI is InChI=1S/C10H11N3OS/c11-7-1-3-8(4-2-7)12-5-9-6-15-10(14)13-9/h1-4,6,12H,5,11H2,(H,13,14). The molecule has 0 aliphatic rings. The molecule has 0 atom stereocenters. The summed E-state index contributed by atoms with van der Waals surface area (Å²) in [5.74, 6) is 0. The molecule has 0 saturated carbocycles. The van der Waals surface area contributed by atoms with Gasteiger partial charge in [0.15, 0.2) is 0 Å². The van der Waals surface area contributed by atoms with E-state index in [9.17, 15) is 4.79 Å². The highest BCUT2D eigenvalue weighted by atomic mass is 32.1. The van der Waals surface area contributed by atoms with Crippen LogP contribution in [0.3, 0.4) is 0 Å². The number of rotatable bonds is 3. The lowest BCUT2D eigenvalue weighted by atomic mass is 10.3. The number of aromatic amines is 1. The minimum atomic E-state index is -0.0240. The maximum absolute atomic E-state index is 10.9. The summed E-state index contributed by atoms with van der Waals surface area (Å²) in [5.41, 5.74) is 8.18. The summed E-state index contributed by atoms with van der Waals surface area (Å²) in [7, 11) is 0. The molecule has 0 amide bonds. The lowest BCUT2D eigenvalue weighted by Gasteiger charge is -2.04. The van der Waals surface area contributed by atoms with Crippen LogP contribution in [0.5, 0.6) is 0 Å². The normalized spacial score (nSPS) is 10.1. The molecule has 0 fully saturated rings. The van der Waals surface area contributed by atoms with Crippen molar-refractivity contribution in [2.24, 2.45) is 0 Å². The molecule has 1 aromatic carbocycles. The molecule has 15 heavy (non-hydrogen) atoms. The van der Waals surface area contributed by atoms with Gasteiger partial charge in [-0.05, 0) is 24.3 Å². The molecule has 0 unspecified atom stereocenters. The molecule has 4 N–H and O–H groups in total. The topological polar surface area (TPSA) is 70.9 Å². The van der Waals surface area contributed by atoms with Crippen molar-refractivity contribution < 1.29 is 0 Å². The highest BCUT2D eigenvalue weighted by molar-refractivity contribution is 7.07. The van der Waals surface area contributed by atoms with Crippen LogP contribution in [0, 0.1) is 0 Å². The van der Waals surface area contributed by atoms with Crippen LogP contribution in [-0.4, -0.2) is 4.98 Å². The summed E-state index contributed by atoms with van der Waals surface area (Å²) < 4.78 is 0. The van der Waals surface area contributed by atoms with Crippen molar-refractivity contribution in [3.8, 4) is 0 Å². The molecule has 1 heterocycles. The summed E-state index contributed by atoms with van der Waals surface area (Å²) in [6.45, 7) is 0.614. The zero-order chi connectivity index (χ0) is 10.7. The van der Waals surface area contributed by atoms with E-state index in [4.69, 9.17) is 5.73 Å². The van der Waals surface area contributed by atoms with E-state index in [-0.39, 0.29) is 4.87 Å². The third-order valence-corrected chi connectivity index (χ3v) is 2.68. The van der Waals surface area contributed by atoms with Gasteiger partial charge in [0.05, 0.1) is 6.54 Å². The first kappa shape index (κ1) is 9.79. The van der Waals surface area contributed by atoms with Gasteiger partial charge in [0.1, 0.15) is 0 Å². The van der Waals surface area contributed by atoms with E-state index in [1.807, 2.05) is 29.6 Å². The van der Waals surface area contributed by atoms with E-state index >= 15 is 0 Å². The number of anilines is 2. The van der Waals surface area contributed by atoms with Gasteiger partial charge >= 0.3 is 4.87 Å². The molecule has 78 valence electrons. The Morgan fingerprint density at radius 3 is 2.67 bits per heavy atom. The number of H-pyrrole nitrogens is 1. The quantitative estimate of drug-likeness (QED) is 0.690. The summed E-state index contributed by atoms with van der Waals surface area (Å²) in [6.07, 6.45) is 0. The van der Waals surface area contributed by atoms with Crippen molar-refractivity contribution >= 4 is 22.7 Å². The second-order valence-corrected chi connectivity index (χ2v) is 3.99. The maximum atomic E-state index is 10.9. The van der Waals surface area contributed by atoms with Gasteiger partial charge in [0.2, 0.25) is 0 Å². The Kier molecular flexibility index (Phi) is 2.73. The van der Waals surface area contributed by atoms with E-state index < -0.39 is 0 Å². The third kappa shape index (κ3) is 2.60. The fourth-order valence-corrected chi connectivity index (χ4v) is 1.78. The molecule has 0 spiro atoms. The smallest absolute Gasteiger partial charge is 0.304 e. The molecule has 4 nitrogen and oxygen atoms in total. The van der Waals surface area contributed by atoms with E-state index in [1.165, 1.54) is 11.3 Å². The van der Waals surface area contributed by atoms with Crippen molar-refractivity contribution in [3.63, 3.8) is 0 Å². The number of aromatic nitrogens is 1. The zero-order valence-corrected chi connectivity index (χ0v) is 8.80. The van der Waals surface area contributed by atoms with E-state index in [1.54, 1.807) is 0 Å². The Labute approximate surface area is 90.8 Å². The monoisotopic (exact) mass is 221 g/mol. The van der Waals surface area contributed by atoms with Crippen molar-refractivity contribution in [1.29, 1.82) is 0 Å². The van der Waals surface area contributed by atoms with Gasteiger partial charge in [-0.2, -0.15) is 0 Å². The van der Waals surface area contributed by atoms with Crippen molar-refractivity contribution in [1.82, 2.24) is 4.98 Å². The summed E-state index contributed by atoms with van der Waals surface area (Å²) >= 11 is 1.17. The fraction of sp³-hybridized carbons (Fsp3) is 0.100. The molecule has 1 aromatic heterocycles. The van der Waals surface area contributed by atoms with Gasteiger partial charge in [0.25, 0.3) is 0 Å². The Morgan fingerprint density at radius 1 is 1.33 bits per heavy atom. The number of nitrogens with two attached hydrogens (primary N) is 1. The number of nitrogens with one attached hydrogen (secondary N) is 2. The third-order valence-electron chi connectivity index (χ3n) is 1.96. The lowest BCUT2D eigenvalue weighted by molar-refractivity contribution is 1.06. The molecule has 0 bridgehead atoms. The molecule has 2 aromatic rings. The highest BCUT2D eigenvalue weighted by Crippen LogP contribution is 2.11. The molecule has 2 rings (SSSR count). The summed E-state index contributed by atoms with van der Waals surface area (Å²) in [5, 5.41) is 4.99. The minimum absolute atomic E-state index is 0.0240. The fourth-order valence-electron chi connectivity index (χ4n) is 1.20. The Bertz CT molecular complexity index is 486. The SMILES string of the molecule is Nc1ccc(NCc2csc(=O)[nH]2)cc1. The summed E-state index contributed by atoms with van der Waals surface area (Å²) in [6, 6.07) is 7.47. The van der Waals surface area contributed by atoms with Gasteiger partial charge in [0, 0.05) is 22.4 Å². The minimum Gasteiger partial charge on any atom is -0.399 e. The van der Waals surface area contributed by atoms with Crippen molar-refractivity contribution in [2.45, 2.75) is 6.54 Å². The van der Waals surface area contributed by atoms with Crippen molar-refractivity contribution in [3.05, 3.63) is 45.0 Å². The number of hydrogen-bond donors (Lipinski definition) is 3. The Balaban J connectivity index is 1.99. The molecule has 0 saturated heterocycles. The van der Waals surface area contributed by atoms with Crippen LogP contribution < -0.4 is 15.9 Å². The Hall–Kier alpha value is -1.75. The maximum Gasteiger partial charge on any atom is 0.304 e. The molecular weight excluding hydrogens is 210 g/mol. The number of hydrogen-bond acceptors (Lipinski definition) is 4. The predicted molar refractivity (Wildman–Crippen MR) is 63.1 cm³/mol. The van der Waals surface area contributed by atoms with Gasteiger partial charge in [-0.3, -0.25) is 4.79 Å². The van der Waals surface area contributed by atoms with Gasteiger partial charge in [-0.15, -0.1) is 0 Å². The largest absolute Gasteiger partial charge is 0.399 e. The molecular formula is C10H11N3OS. The van der Waals surface area contributed by atoms with Crippen LogP contribution in [0.4, 0.5) is 11.4 Å². The average molecular weight is 221 g/mol. The van der Waals surface area contributed by atoms with Gasteiger partial charge in [-0.25, -0.2) is 0 Å². The van der Waals surface area contributed by atoms with Gasteiger partial charge < -0.3 is 16.0 Å². The second kappa shape index (κ2) is 4.18. The second-order valence-electron chi connectivity index (χ2n) is 3.15. The molecule has 0 radical (unpaired) electrons. The van der Waals surface area contributed by atoms with Crippen LogP contribution in [0.15, 0.2) is 34.4 Å². The predicted octanol–water partition coefficient (Wildman–Crippen LogP) is 1.63. The van der Waals surface area contributed by atoms with E-state index in [0.29, 0.717) is 6.54 Å². The lowest BCUT2D eigenvalue weighted by Crippen LogP contribution is -2.02. The van der Waals surface area contributed by atoms with Crippen LogP contribution in [-0.2, 0) is 6.54 Å². The number of thiazole rings is 1. The van der Waals surface area contributed by atoms with Crippen molar-refractivity contribution in [2.75, 3.05) is 11.1 Å². The number of benzene rings is 1. The molecule has 5 heteroatoms. The molecule has 0 aliphatic carbocycles. The van der Waals surface area contributed by atoms with E-state index in [2.05, 4.69) is 10.3 Å². The zero-order valence-electron chi connectivity index (χ0n) is 7.99. The van der Waals surface area contributed by atoms with Crippen LogP contribution >= 0.6 is 11.3 Å². The molecule has 0 aliphatic heterocycles. The van der Waals surface area contributed by atoms with Crippen LogP contribution in [0.25, 0.3) is 0 Å². The van der Waals surface area contributed by atoms with E-state index in [0.717, 1.165) is 17.1 Å². The van der Waals surface area contributed by atoms with Crippen LogP contribution in [0.1, 0.15) is 5.69 Å². The Morgan fingerprint density at radius 2 is 2.07 bits per heavy atom. The first-order chi connectivity index (χ1) is 7.24. The number of nitrogen functional groups attached to an aromatic ring is 1. The van der Waals surface area contributed by atoms with Crippen LogP contribution in [0.2, 0.25) is 0 Å². The first-order valence-corrected chi connectivity index (χ1v) is 5.38.